The Balaban J connectivity index is 3.34. The van der Waals surface area contributed by atoms with Gasteiger partial charge in [0.15, 0.2) is 0 Å². The molecule has 0 amide bonds. The summed E-state index contributed by atoms with van der Waals surface area (Å²) in [6.07, 6.45) is 9.58. The lowest BCUT2D eigenvalue weighted by molar-refractivity contribution is 0.300. The topological polar surface area (TPSA) is 26.0 Å². The molecule has 0 rings (SSSR count). The van der Waals surface area contributed by atoms with Crippen LogP contribution >= 0.6 is 0 Å². The third kappa shape index (κ3) is 8.04. The van der Waals surface area contributed by atoms with Gasteiger partial charge in [-0.1, -0.05) is 32.8 Å². The summed E-state index contributed by atoms with van der Waals surface area (Å²) in [4.78, 5) is 0. The van der Waals surface area contributed by atoms with Crippen LogP contribution in [0.1, 0.15) is 52.4 Å². The van der Waals surface area contributed by atoms with Crippen molar-refractivity contribution in [1.82, 2.24) is 0 Å². The van der Waals surface area contributed by atoms with E-state index >= 15 is 0 Å². The van der Waals surface area contributed by atoms with E-state index in [1.54, 1.807) is 0 Å². The van der Waals surface area contributed by atoms with E-state index in [-0.39, 0.29) is 0 Å². The van der Waals surface area contributed by atoms with Gasteiger partial charge in [0.2, 0.25) is 0 Å². The second-order valence-corrected chi connectivity index (χ2v) is 4.59. The molecule has 0 aliphatic rings. The largest absolute Gasteiger partial charge is 0.330 e. The van der Waals surface area contributed by atoms with E-state index in [4.69, 9.17) is 5.73 Å². The van der Waals surface area contributed by atoms with Gasteiger partial charge in [-0.15, -0.1) is 6.58 Å². The minimum atomic E-state index is 0.447. The first-order chi connectivity index (χ1) is 6.12. The van der Waals surface area contributed by atoms with Crippen LogP contribution in [0, 0.1) is 5.41 Å². The number of hydrogen-bond acceptors (Lipinski definition) is 1. The standard InChI is InChI=1S/C12H25N/c1-4-5-6-7-8-9-12(2,3)10-11-13/h4H,1,5-11,13H2,2-3H3. The molecule has 0 fully saturated rings. The van der Waals surface area contributed by atoms with Gasteiger partial charge < -0.3 is 5.73 Å². The summed E-state index contributed by atoms with van der Waals surface area (Å²) >= 11 is 0. The zero-order valence-corrected chi connectivity index (χ0v) is 9.31. The highest BCUT2D eigenvalue weighted by molar-refractivity contribution is 4.70. The zero-order valence-electron chi connectivity index (χ0n) is 9.31. The Morgan fingerprint density at radius 1 is 1.15 bits per heavy atom. The van der Waals surface area contributed by atoms with Crippen molar-refractivity contribution in [2.24, 2.45) is 11.1 Å². The van der Waals surface area contributed by atoms with Gasteiger partial charge >= 0.3 is 0 Å². The molecule has 0 aromatic carbocycles. The number of rotatable bonds is 8. The van der Waals surface area contributed by atoms with Crippen LogP contribution in [0.15, 0.2) is 12.7 Å². The number of nitrogens with two attached hydrogens (primary N) is 1. The Morgan fingerprint density at radius 3 is 2.38 bits per heavy atom. The van der Waals surface area contributed by atoms with Crippen molar-refractivity contribution in [3.05, 3.63) is 12.7 Å². The van der Waals surface area contributed by atoms with Crippen LogP contribution in [-0.2, 0) is 0 Å². The predicted molar refractivity (Wildman–Crippen MR) is 60.7 cm³/mol. The molecule has 0 bridgehead atoms. The maximum atomic E-state index is 5.55. The second-order valence-electron chi connectivity index (χ2n) is 4.59. The van der Waals surface area contributed by atoms with Crippen molar-refractivity contribution < 1.29 is 0 Å². The van der Waals surface area contributed by atoms with Crippen LogP contribution in [0.5, 0.6) is 0 Å². The first-order valence-electron chi connectivity index (χ1n) is 5.43. The van der Waals surface area contributed by atoms with E-state index in [2.05, 4.69) is 20.4 Å². The van der Waals surface area contributed by atoms with Crippen LogP contribution in [0.2, 0.25) is 0 Å². The summed E-state index contributed by atoms with van der Waals surface area (Å²) < 4.78 is 0. The lowest BCUT2D eigenvalue weighted by Gasteiger charge is -2.23. The molecule has 2 N–H and O–H groups in total. The highest BCUT2D eigenvalue weighted by Crippen LogP contribution is 2.26. The third-order valence-corrected chi connectivity index (χ3v) is 2.58. The fourth-order valence-electron chi connectivity index (χ4n) is 1.58. The number of hydrogen-bond donors (Lipinski definition) is 1. The van der Waals surface area contributed by atoms with E-state index in [0.717, 1.165) is 19.4 Å². The number of unbranched alkanes of at least 4 members (excludes halogenated alkanes) is 3. The van der Waals surface area contributed by atoms with Gasteiger partial charge in [0.25, 0.3) is 0 Å². The van der Waals surface area contributed by atoms with E-state index in [9.17, 15) is 0 Å². The average Bonchev–Trinajstić information content (AvgIpc) is 2.04. The van der Waals surface area contributed by atoms with Crippen LogP contribution in [-0.4, -0.2) is 6.54 Å². The molecular formula is C12H25N. The van der Waals surface area contributed by atoms with Gasteiger partial charge in [0.05, 0.1) is 0 Å². The minimum absolute atomic E-state index is 0.447. The van der Waals surface area contributed by atoms with Crippen molar-refractivity contribution in [2.45, 2.75) is 52.4 Å². The lowest BCUT2D eigenvalue weighted by atomic mass is 9.84. The van der Waals surface area contributed by atoms with Gasteiger partial charge in [0, 0.05) is 0 Å². The summed E-state index contributed by atoms with van der Waals surface area (Å²) in [6.45, 7) is 9.16. The Kier molecular flexibility index (Phi) is 6.97. The number of allylic oxidation sites excluding steroid dienone is 1. The smallest absolute Gasteiger partial charge is 0.00722 e. The molecule has 0 aromatic heterocycles. The van der Waals surface area contributed by atoms with Crippen LogP contribution < -0.4 is 5.73 Å². The molecule has 0 saturated heterocycles. The third-order valence-electron chi connectivity index (χ3n) is 2.58. The first kappa shape index (κ1) is 12.7. The molecule has 0 aromatic rings. The lowest BCUT2D eigenvalue weighted by Crippen LogP contribution is -2.16. The van der Waals surface area contributed by atoms with Crippen molar-refractivity contribution in [3.63, 3.8) is 0 Å². The fourth-order valence-corrected chi connectivity index (χ4v) is 1.58. The molecule has 1 nitrogen and oxygen atoms in total. The molecule has 0 aliphatic carbocycles. The summed E-state index contributed by atoms with van der Waals surface area (Å²) in [7, 11) is 0. The van der Waals surface area contributed by atoms with E-state index in [1.807, 2.05) is 6.08 Å². The maximum Gasteiger partial charge on any atom is -0.00722 e. The quantitative estimate of drug-likeness (QED) is 0.452. The van der Waals surface area contributed by atoms with Crippen LogP contribution in [0.3, 0.4) is 0 Å². The van der Waals surface area contributed by atoms with Crippen molar-refractivity contribution in [2.75, 3.05) is 6.54 Å². The van der Waals surface area contributed by atoms with E-state index in [0.29, 0.717) is 5.41 Å². The normalized spacial score (nSPS) is 11.6. The van der Waals surface area contributed by atoms with Crippen LogP contribution in [0.25, 0.3) is 0 Å². The van der Waals surface area contributed by atoms with Crippen LogP contribution in [0.4, 0.5) is 0 Å². The zero-order chi connectivity index (χ0) is 10.2. The molecule has 1 heteroatoms. The van der Waals surface area contributed by atoms with E-state index < -0.39 is 0 Å². The Labute approximate surface area is 83.4 Å². The predicted octanol–water partition coefficient (Wildman–Crippen LogP) is 3.50. The summed E-state index contributed by atoms with van der Waals surface area (Å²) in [5.74, 6) is 0. The fraction of sp³-hybridized carbons (Fsp3) is 0.833. The molecule has 0 saturated carbocycles. The Hall–Kier alpha value is -0.300. The van der Waals surface area contributed by atoms with Gasteiger partial charge in [0.1, 0.15) is 0 Å². The molecule has 0 radical (unpaired) electrons. The van der Waals surface area contributed by atoms with Gasteiger partial charge in [-0.3, -0.25) is 0 Å². The highest BCUT2D eigenvalue weighted by Gasteiger charge is 2.15. The molecule has 13 heavy (non-hydrogen) atoms. The van der Waals surface area contributed by atoms with E-state index in [1.165, 1.54) is 25.7 Å². The SMILES string of the molecule is C=CCCCCCC(C)(C)CCN. The average molecular weight is 183 g/mol. The molecule has 0 heterocycles. The van der Waals surface area contributed by atoms with Crippen molar-refractivity contribution in [1.29, 1.82) is 0 Å². The van der Waals surface area contributed by atoms with Gasteiger partial charge in [-0.25, -0.2) is 0 Å². The summed E-state index contributed by atoms with van der Waals surface area (Å²) in [5, 5.41) is 0. The minimum Gasteiger partial charge on any atom is -0.330 e. The molecular weight excluding hydrogens is 158 g/mol. The molecule has 0 atom stereocenters. The highest BCUT2D eigenvalue weighted by atomic mass is 14.5. The van der Waals surface area contributed by atoms with Gasteiger partial charge in [-0.2, -0.15) is 0 Å². The molecule has 0 aliphatic heterocycles. The molecule has 78 valence electrons. The Bertz CT molecular complexity index is 127. The van der Waals surface area contributed by atoms with Crippen molar-refractivity contribution >= 4 is 0 Å². The Morgan fingerprint density at radius 2 is 1.85 bits per heavy atom. The molecule has 0 unspecified atom stereocenters. The monoisotopic (exact) mass is 183 g/mol. The first-order valence-corrected chi connectivity index (χ1v) is 5.43. The maximum absolute atomic E-state index is 5.55. The van der Waals surface area contributed by atoms with Gasteiger partial charge in [-0.05, 0) is 37.6 Å². The summed E-state index contributed by atoms with van der Waals surface area (Å²) in [6, 6.07) is 0. The molecule has 0 spiro atoms. The van der Waals surface area contributed by atoms with Crippen molar-refractivity contribution in [3.8, 4) is 0 Å². The second kappa shape index (κ2) is 7.14. The summed E-state index contributed by atoms with van der Waals surface area (Å²) in [5.41, 5.74) is 6.00.